The highest BCUT2D eigenvalue weighted by Crippen LogP contribution is 2.16. The maximum absolute atomic E-state index is 12.6. The Hall–Kier alpha value is -3.71. The Morgan fingerprint density at radius 1 is 0.897 bits per heavy atom. The van der Waals surface area contributed by atoms with Crippen LogP contribution >= 0.6 is 11.3 Å². The molecule has 6 nitrogen and oxygen atoms in total. The highest BCUT2D eigenvalue weighted by atomic mass is 32.1. The van der Waals surface area contributed by atoms with Crippen molar-refractivity contribution in [2.24, 2.45) is 0 Å². The second-order valence-electron chi connectivity index (χ2n) is 6.35. The summed E-state index contributed by atoms with van der Waals surface area (Å²) in [6, 6.07) is 22.1. The maximum Gasteiger partial charge on any atom is 0.265 e. The number of aromatic nitrogens is 2. The Bertz CT molecular complexity index is 1120. The first-order valence-corrected chi connectivity index (χ1v) is 9.89. The summed E-state index contributed by atoms with van der Waals surface area (Å²) in [5, 5.41) is 11.8. The smallest absolute Gasteiger partial charge is 0.265 e. The van der Waals surface area contributed by atoms with Crippen molar-refractivity contribution in [1.82, 2.24) is 9.78 Å². The summed E-state index contributed by atoms with van der Waals surface area (Å²) in [6.45, 7) is 0.626. The van der Waals surface area contributed by atoms with E-state index in [4.69, 9.17) is 0 Å². The highest BCUT2D eigenvalue weighted by Gasteiger charge is 2.11. The molecule has 144 valence electrons. The molecule has 0 aliphatic heterocycles. The van der Waals surface area contributed by atoms with Crippen LogP contribution < -0.4 is 10.6 Å². The summed E-state index contributed by atoms with van der Waals surface area (Å²) < 4.78 is 1.77. The number of nitrogens with one attached hydrogen (secondary N) is 2. The summed E-state index contributed by atoms with van der Waals surface area (Å²) >= 11 is 1.36. The highest BCUT2D eigenvalue weighted by molar-refractivity contribution is 7.12. The Morgan fingerprint density at radius 2 is 1.76 bits per heavy atom. The molecule has 29 heavy (non-hydrogen) atoms. The third-order valence-corrected chi connectivity index (χ3v) is 5.07. The number of hydrogen-bond donors (Lipinski definition) is 2. The molecule has 4 rings (SSSR count). The van der Waals surface area contributed by atoms with Gasteiger partial charge in [0.15, 0.2) is 5.82 Å². The van der Waals surface area contributed by atoms with E-state index in [2.05, 4.69) is 15.7 Å². The van der Waals surface area contributed by atoms with E-state index < -0.39 is 0 Å². The van der Waals surface area contributed by atoms with Crippen molar-refractivity contribution in [3.63, 3.8) is 0 Å². The average Bonchev–Trinajstić information content (AvgIpc) is 3.41. The number of hydrogen-bond acceptors (Lipinski definition) is 4. The fourth-order valence-corrected chi connectivity index (χ4v) is 3.43. The van der Waals surface area contributed by atoms with Crippen LogP contribution in [-0.4, -0.2) is 21.6 Å². The van der Waals surface area contributed by atoms with Gasteiger partial charge in [0.1, 0.15) is 0 Å². The van der Waals surface area contributed by atoms with Gasteiger partial charge in [0, 0.05) is 23.5 Å². The summed E-state index contributed by atoms with van der Waals surface area (Å²) in [6.07, 6.45) is 1.82. The lowest BCUT2D eigenvalue weighted by Crippen LogP contribution is -2.14. The fourth-order valence-electron chi connectivity index (χ4n) is 2.81. The van der Waals surface area contributed by atoms with Crippen LogP contribution in [0.4, 0.5) is 11.5 Å². The Labute approximate surface area is 171 Å². The van der Waals surface area contributed by atoms with Crippen molar-refractivity contribution in [2.75, 3.05) is 10.6 Å². The molecule has 4 aromatic rings. The summed E-state index contributed by atoms with van der Waals surface area (Å²) in [5.74, 6) is -0.0154. The lowest BCUT2D eigenvalue weighted by Gasteiger charge is -2.07. The number of carbonyl (C=O) groups is 2. The number of anilines is 2. The molecule has 0 unspecified atom stereocenters. The van der Waals surface area contributed by atoms with Crippen molar-refractivity contribution < 1.29 is 9.59 Å². The lowest BCUT2D eigenvalue weighted by molar-refractivity contribution is 0.101. The monoisotopic (exact) mass is 402 g/mol. The summed E-state index contributed by atoms with van der Waals surface area (Å²) in [5.41, 5.74) is 2.12. The van der Waals surface area contributed by atoms with E-state index in [1.165, 1.54) is 11.3 Å². The summed E-state index contributed by atoms with van der Waals surface area (Å²) in [7, 11) is 0. The molecule has 0 bridgehead atoms. The Kier molecular flexibility index (Phi) is 5.49. The molecule has 0 aliphatic rings. The van der Waals surface area contributed by atoms with Gasteiger partial charge < -0.3 is 10.6 Å². The molecule has 0 spiro atoms. The predicted molar refractivity (Wildman–Crippen MR) is 114 cm³/mol. The first-order chi connectivity index (χ1) is 14.2. The second kappa shape index (κ2) is 8.53. The molecule has 7 heteroatoms. The number of rotatable bonds is 6. The third kappa shape index (κ3) is 4.77. The Morgan fingerprint density at radius 3 is 2.55 bits per heavy atom. The fraction of sp³-hybridized carbons (Fsp3) is 0.0455. The van der Waals surface area contributed by atoms with Crippen molar-refractivity contribution in [1.29, 1.82) is 0 Å². The number of nitrogens with zero attached hydrogens (tertiary/aromatic N) is 2. The molecule has 2 N–H and O–H groups in total. The van der Waals surface area contributed by atoms with Gasteiger partial charge in [-0.2, -0.15) is 5.10 Å². The van der Waals surface area contributed by atoms with Crippen LogP contribution in [-0.2, 0) is 6.54 Å². The van der Waals surface area contributed by atoms with Crippen LogP contribution in [0.3, 0.4) is 0 Å². The van der Waals surface area contributed by atoms with E-state index in [1.54, 1.807) is 41.1 Å². The van der Waals surface area contributed by atoms with Gasteiger partial charge in [0.25, 0.3) is 11.8 Å². The normalized spacial score (nSPS) is 10.5. The van der Waals surface area contributed by atoms with Crippen LogP contribution in [0.1, 0.15) is 25.6 Å². The van der Waals surface area contributed by atoms with Gasteiger partial charge in [-0.1, -0.05) is 42.5 Å². The number of benzene rings is 2. The molecule has 0 aliphatic carbocycles. The van der Waals surface area contributed by atoms with Crippen molar-refractivity contribution in [2.45, 2.75) is 6.54 Å². The Balaban J connectivity index is 1.40. The molecule has 2 amide bonds. The first-order valence-electron chi connectivity index (χ1n) is 9.01. The maximum atomic E-state index is 12.6. The van der Waals surface area contributed by atoms with Gasteiger partial charge in [-0.05, 0) is 35.2 Å². The zero-order chi connectivity index (χ0) is 20.1. The topological polar surface area (TPSA) is 76.0 Å². The van der Waals surface area contributed by atoms with Crippen LogP contribution in [0.5, 0.6) is 0 Å². The quantitative estimate of drug-likeness (QED) is 0.499. The van der Waals surface area contributed by atoms with Crippen LogP contribution in [0, 0.1) is 0 Å². The first kappa shape index (κ1) is 18.6. The minimum Gasteiger partial charge on any atom is -0.321 e. The third-order valence-electron chi connectivity index (χ3n) is 4.20. The predicted octanol–water partition coefficient (Wildman–Crippen LogP) is 4.50. The van der Waals surface area contributed by atoms with Gasteiger partial charge in [-0.25, -0.2) is 0 Å². The molecule has 0 saturated heterocycles. The molecule has 0 fully saturated rings. The van der Waals surface area contributed by atoms with Gasteiger partial charge in [0.05, 0.1) is 11.4 Å². The zero-order valence-electron chi connectivity index (χ0n) is 15.4. The van der Waals surface area contributed by atoms with E-state index in [9.17, 15) is 9.59 Å². The van der Waals surface area contributed by atoms with Crippen molar-refractivity contribution >= 4 is 34.7 Å². The SMILES string of the molecule is O=C(Nc1ccn(Cc2ccccc2)n1)c1cccc(NC(=O)c2cccs2)c1. The zero-order valence-corrected chi connectivity index (χ0v) is 16.2. The molecule has 2 heterocycles. The van der Waals surface area contributed by atoms with E-state index in [-0.39, 0.29) is 11.8 Å². The minimum atomic E-state index is -0.290. The second-order valence-corrected chi connectivity index (χ2v) is 7.30. The van der Waals surface area contributed by atoms with Crippen LogP contribution in [0.15, 0.2) is 84.4 Å². The van der Waals surface area contributed by atoms with Crippen LogP contribution in [0.25, 0.3) is 0 Å². The molecule has 2 aromatic heterocycles. The molecular formula is C22H18N4O2S. The van der Waals surface area contributed by atoms with Crippen molar-refractivity contribution in [3.05, 3.63) is 100 Å². The van der Waals surface area contributed by atoms with Gasteiger partial charge in [-0.15, -0.1) is 11.3 Å². The van der Waals surface area contributed by atoms with E-state index in [0.29, 0.717) is 28.5 Å². The van der Waals surface area contributed by atoms with E-state index in [1.807, 2.05) is 48.0 Å². The lowest BCUT2D eigenvalue weighted by atomic mass is 10.2. The molecule has 0 saturated carbocycles. The molecular weight excluding hydrogens is 384 g/mol. The average molecular weight is 402 g/mol. The minimum absolute atomic E-state index is 0.197. The van der Waals surface area contributed by atoms with Crippen LogP contribution in [0.2, 0.25) is 0 Å². The number of thiophene rings is 1. The number of amides is 2. The van der Waals surface area contributed by atoms with Gasteiger partial charge >= 0.3 is 0 Å². The molecule has 0 atom stereocenters. The van der Waals surface area contributed by atoms with E-state index >= 15 is 0 Å². The van der Waals surface area contributed by atoms with Gasteiger partial charge in [-0.3, -0.25) is 14.3 Å². The van der Waals surface area contributed by atoms with Gasteiger partial charge in [0.2, 0.25) is 0 Å². The molecule has 2 aromatic carbocycles. The summed E-state index contributed by atoms with van der Waals surface area (Å²) in [4.78, 5) is 25.4. The largest absolute Gasteiger partial charge is 0.321 e. The van der Waals surface area contributed by atoms with E-state index in [0.717, 1.165) is 5.56 Å². The number of carbonyl (C=O) groups excluding carboxylic acids is 2. The standard InChI is InChI=1S/C22H18N4O2S/c27-21(24-20-11-12-26(25-20)15-16-6-2-1-3-7-16)17-8-4-9-18(14-17)23-22(28)19-10-5-13-29-19/h1-14H,15H2,(H,23,28)(H,24,25,27). The molecule has 0 radical (unpaired) electrons. The van der Waals surface area contributed by atoms with Crippen molar-refractivity contribution in [3.8, 4) is 0 Å².